The highest BCUT2D eigenvalue weighted by Gasteiger charge is 2.25. The number of amides is 1. The molecular weight excluding hydrogens is 858 g/mol. The Balaban J connectivity index is 0.000000184. The Hall–Kier alpha value is -6.78. The summed E-state index contributed by atoms with van der Waals surface area (Å²) >= 11 is 5.81. The van der Waals surface area contributed by atoms with Crippen LogP contribution in [-0.2, 0) is 4.79 Å². The zero-order valence-corrected chi connectivity index (χ0v) is 39.0. The van der Waals surface area contributed by atoms with Crippen LogP contribution in [0.5, 0.6) is 23.3 Å². The Morgan fingerprint density at radius 3 is 1.54 bits per heavy atom. The zero-order chi connectivity index (χ0) is 46.5. The van der Waals surface area contributed by atoms with Crippen molar-refractivity contribution in [1.29, 1.82) is 0 Å². The lowest BCUT2D eigenvalue weighted by molar-refractivity contribution is -0.117. The Labute approximate surface area is 398 Å². The average Bonchev–Trinajstić information content (AvgIpc) is 3.78. The molecule has 1 saturated heterocycles. The Morgan fingerprint density at radius 1 is 0.612 bits per heavy atom. The molecule has 9 rings (SSSR count). The van der Waals surface area contributed by atoms with Gasteiger partial charge in [0.05, 0.1) is 0 Å². The van der Waals surface area contributed by atoms with Crippen LogP contribution in [0.3, 0.4) is 0 Å². The van der Waals surface area contributed by atoms with E-state index in [0.717, 1.165) is 91.5 Å². The molecule has 1 amide bonds. The van der Waals surface area contributed by atoms with Crippen LogP contribution in [-0.4, -0.2) is 44.0 Å². The quantitative estimate of drug-likeness (QED) is 0.0822. The van der Waals surface area contributed by atoms with Gasteiger partial charge in [-0.1, -0.05) is 71.3 Å². The first kappa shape index (κ1) is 46.7. The monoisotopic (exact) mass is 913 g/mol. The van der Waals surface area contributed by atoms with Crippen molar-refractivity contribution >= 4 is 47.0 Å². The molecule has 0 spiro atoms. The fraction of sp³-hybridized carbons (Fsp3) is 0.304. The second-order valence-electron chi connectivity index (χ2n) is 17.9. The fourth-order valence-electron chi connectivity index (χ4n) is 8.77. The topological polar surface area (TPSA) is 124 Å². The molecule has 0 radical (unpaired) electrons. The summed E-state index contributed by atoms with van der Waals surface area (Å²) in [6.07, 6.45) is 21.9. The maximum Gasteiger partial charge on any atom is 0.228 e. The second kappa shape index (κ2) is 22.6. The van der Waals surface area contributed by atoms with E-state index in [-0.39, 0.29) is 17.5 Å². The molecule has 67 heavy (non-hydrogen) atoms. The van der Waals surface area contributed by atoms with Crippen molar-refractivity contribution in [3.8, 4) is 23.3 Å². The minimum absolute atomic E-state index is 0.107. The van der Waals surface area contributed by atoms with Gasteiger partial charge in [-0.25, -0.2) is 19.9 Å². The number of anilines is 1. The van der Waals surface area contributed by atoms with Crippen molar-refractivity contribution in [1.82, 2.24) is 19.9 Å². The summed E-state index contributed by atoms with van der Waals surface area (Å²) < 4.78 is 11.8. The van der Waals surface area contributed by atoms with E-state index in [1.54, 1.807) is 47.9 Å². The number of ketones is 2. The van der Waals surface area contributed by atoms with E-state index in [4.69, 9.17) is 21.1 Å². The second-order valence-corrected chi connectivity index (χ2v) is 18.3. The van der Waals surface area contributed by atoms with Crippen molar-refractivity contribution in [2.75, 3.05) is 11.4 Å². The minimum Gasteiger partial charge on any atom is -0.439 e. The number of ether oxygens (including phenoxy) is 2. The normalized spacial score (nSPS) is 17.0. The molecule has 5 heterocycles. The van der Waals surface area contributed by atoms with Gasteiger partial charge in [0.15, 0.2) is 11.6 Å². The SMILES string of the molecule is Cc1ccc(Oc2cccc(C=C3CCC(CC(=O)c4ccc(Cl)nc4)CC3)c2)nc1.Cc1ccc(Oc2cccc(C=C3CCC(CC(=O)c4ccc(N5CCCC5=O)nc4)CC3)c2)nc1. The van der Waals surface area contributed by atoms with Gasteiger partial charge in [0.25, 0.3) is 0 Å². The molecule has 2 aromatic carbocycles. The van der Waals surface area contributed by atoms with Crippen molar-refractivity contribution < 1.29 is 23.9 Å². The summed E-state index contributed by atoms with van der Waals surface area (Å²) in [6, 6.07) is 30.9. The number of hydrogen-bond acceptors (Lipinski definition) is 9. The van der Waals surface area contributed by atoms with Crippen LogP contribution >= 0.6 is 11.6 Å². The number of nitrogens with zero attached hydrogens (tertiary/aromatic N) is 5. The number of halogens is 1. The Bertz CT molecular complexity index is 2700. The van der Waals surface area contributed by atoms with Gasteiger partial charge >= 0.3 is 0 Å². The third kappa shape index (κ3) is 13.6. The van der Waals surface area contributed by atoms with E-state index < -0.39 is 0 Å². The molecule has 6 aromatic rings. The number of Topliss-reactive ketones (excluding diaryl/α,β-unsaturated/α-hetero) is 2. The van der Waals surface area contributed by atoms with Gasteiger partial charge in [-0.3, -0.25) is 19.3 Å². The van der Waals surface area contributed by atoms with E-state index in [1.165, 1.54) is 11.1 Å². The first-order valence-corrected chi connectivity index (χ1v) is 23.7. The molecule has 342 valence electrons. The Morgan fingerprint density at radius 2 is 1.12 bits per heavy atom. The number of benzene rings is 2. The van der Waals surface area contributed by atoms with Crippen molar-refractivity contribution in [3.63, 3.8) is 0 Å². The summed E-state index contributed by atoms with van der Waals surface area (Å²) in [6.45, 7) is 4.71. The van der Waals surface area contributed by atoms with Gasteiger partial charge in [-0.15, -0.1) is 0 Å². The number of carbonyl (C=O) groups is 3. The number of aryl methyl sites for hydroxylation is 2. The molecule has 0 N–H and O–H groups in total. The molecular formula is C56H56ClN5O5. The first-order valence-electron chi connectivity index (χ1n) is 23.3. The minimum atomic E-state index is 0.107. The van der Waals surface area contributed by atoms with Gasteiger partial charge in [0.1, 0.15) is 22.5 Å². The first-order chi connectivity index (χ1) is 32.6. The van der Waals surface area contributed by atoms with Crippen LogP contribution in [0.1, 0.15) is 120 Å². The van der Waals surface area contributed by atoms with Gasteiger partial charge in [-0.2, -0.15) is 0 Å². The predicted octanol–water partition coefficient (Wildman–Crippen LogP) is 13.6. The summed E-state index contributed by atoms with van der Waals surface area (Å²) in [4.78, 5) is 55.9. The lowest BCUT2D eigenvalue weighted by atomic mass is 9.82. The van der Waals surface area contributed by atoms with Crippen LogP contribution in [0.15, 0.2) is 133 Å². The molecule has 3 fully saturated rings. The van der Waals surface area contributed by atoms with E-state index in [2.05, 4.69) is 44.2 Å². The van der Waals surface area contributed by atoms with Crippen molar-refractivity contribution in [2.45, 2.75) is 90.9 Å². The number of aromatic nitrogens is 4. The van der Waals surface area contributed by atoms with Gasteiger partial charge in [0, 0.05) is 73.9 Å². The molecule has 2 saturated carbocycles. The molecule has 0 unspecified atom stereocenters. The van der Waals surface area contributed by atoms with E-state index in [9.17, 15) is 14.4 Å². The van der Waals surface area contributed by atoms with Gasteiger partial charge in [-0.05, 0) is 154 Å². The summed E-state index contributed by atoms with van der Waals surface area (Å²) in [5.74, 6) is 4.57. The highest BCUT2D eigenvalue weighted by atomic mass is 35.5. The molecule has 1 aliphatic heterocycles. The van der Waals surface area contributed by atoms with Gasteiger partial charge < -0.3 is 9.47 Å². The maximum absolute atomic E-state index is 12.8. The van der Waals surface area contributed by atoms with Crippen LogP contribution in [0.2, 0.25) is 5.15 Å². The Kier molecular flexibility index (Phi) is 15.8. The highest BCUT2D eigenvalue weighted by molar-refractivity contribution is 6.29. The number of pyridine rings is 4. The van der Waals surface area contributed by atoms with E-state index >= 15 is 0 Å². The fourth-order valence-corrected chi connectivity index (χ4v) is 8.89. The van der Waals surface area contributed by atoms with Crippen molar-refractivity contribution in [2.24, 2.45) is 11.8 Å². The average molecular weight is 915 g/mol. The third-order valence-electron chi connectivity index (χ3n) is 12.6. The molecule has 4 aromatic heterocycles. The smallest absolute Gasteiger partial charge is 0.228 e. The number of allylic oxidation sites excluding steroid dienone is 2. The largest absolute Gasteiger partial charge is 0.439 e. The molecule has 0 atom stereocenters. The summed E-state index contributed by atoms with van der Waals surface area (Å²) in [5.41, 5.74) is 8.55. The number of hydrogen-bond donors (Lipinski definition) is 0. The van der Waals surface area contributed by atoms with E-state index in [0.29, 0.717) is 71.5 Å². The standard InChI is InChI=1S/C30H31N3O3.C26H25ClN2O2/c1-21-7-14-29(32-19-21)36-26-5-2-4-24(17-26)16-22-8-10-23(11-9-22)18-27(34)25-12-13-28(31-20-25)33-15-3-6-30(33)35;1-18-5-12-26(29-16-18)31-23-4-2-3-21(14-23)13-19-6-8-20(9-7-19)15-24(30)22-10-11-25(27)28-17-22/h2,4-5,7,12-14,16-17,19-20,23H,3,6,8-11,15,18H2,1H3;2-5,10-14,16-17,20H,6-9,15H2,1H3. The summed E-state index contributed by atoms with van der Waals surface area (Å²) in [5, 5.41) is 0.411. The highest BCUT2D eigenvalue weighted by Crippen LogP contribution is 2.35. The summed E-state index contributed by atoms with van der Waals surface area (Å²) in [7, 11) is 0. The van der Waals surface area contributed by atoms with E-state index in [1.807, 2.05) is 80.6 Å². The van der Waals surface area contributed by atoms with Gasteiger partial charge in [0.2, 0.25) is 17.7 Å². The molecule has 11 heteroatoms. The zero-order valence-electron chi connectivity index (χ0n) is 38.2. The van der Waals surface area contributed by atoms with Crippen LogP contribution in [0, 0.1) is 25.7 Å². The lowest BCUT2D eigenvalue weighted by Crippen LogP contribution is -2.24. The molecule has 10 nitrogen and oxygen atoms in total. The molecule has 0 bridgehead atoms. The number of rotatable bonds is 13. The third-order valence-corrected chi connectivity index (χ3v) is 12.8. The lowest BCUT2D eigenvalue weighted by Gasteiger charge is -2.23. The van der Waals surface area contributed by atoms with Crippen molar-refractivity contribution in [3.05, 3.63) is 172 Å². The van der Waals surface area contributed by atoms with Crippen LogP contribution < -0.4 is 14.4 Å². The molecule has 3 aliphatic rings. The maximum atomic E-state index is 12.8. The number of carbonyl (C=O) groups excluding carboxylic acids is 3. The predicted molar refractivity (Wildman–Crippen MR) is 264 cm³/mol. The molecule has 2 aliphatic carbocycles. The van der Waals surface area contributed by atoms with Crippen LogP contribution in [0.4, 0.5) is 5.82 Å². The van der Waals surface area contributed by atoms with Crippen LogP contribution in [0.25, 0.3) is 12.2 Å².